The van der Waals surface area contributed by atoms with Crippen molar-refractivity contribution in [2.24, 2.45) is 4.99 Å². The maximum absolute atomic E-state index is 8.82. The third-order valence-corrected chi connectivity index (χ3v) is 2.44. The number of rotatable bonds is 4. The molecule has 9 heteroatoms. The largest absolute Gasteiger partial charge is 0.453 e. The normalized spacial score (nSPS) is 14.9. The molecule has 0 fully saturated rings. The zero-order chi connectivity index (χ0) is 15.0. The average molecular weight is 287 g/mol. The number of hydrogen-bond acceptors (Lipinski definition) is 9. The summed E-state index contributed by atoms with van der Waals surface area (Å²) < 4.78 is 8.80. The van der Waals surface area contributed by atoms with Gasteiger partial charge in [0.1, 0.15) is 0 Å². The Hall–Kier alpha value is -1.75. The summed E-state index contributed by atoms with van der Waals surface area (Å²) in [7, 11) is 0. The molecular weight excluding hydrogens is 274 g/mol. The van der Waals surface area contributed by atoms with Gasteiger partial charge >= 0.3 is 12.3 Å². The molecule has 0 aromatic heterocycles. The second-order valence-corrected chi connectivity index (χ2v) is 4.13. The third kappa shape index (κ3) is 3.87. The van der Waals surface area contributed by atoms with E-state index in [9.17, 15) is 0 Å². The van der Waals surface area contributed by atoms with Crippen LogP contribution in [0, 0.1) is 0 Å². The summed E-state index contributed by atoms with van der Waals surface area (Å²) in [6, 6.07) is 2.52. The van der Waals surface area contributed by atoms with Crippen molar-refractivity contribution < 1.29 is 40.1 Å². The molecule has 9 nitrogen and oxygen atoms in total. The van der Waals surface area contributed by atoms with E-state index in [1.54, 1.807) is 0 Å². The fourth-order valence-corrected chi connectivity index (χ4v) is 1.76. The van der Waals surface area contributed by atoms with Crippen molar-refractivity contribution in [3.8, 4) is 11.5 Å². The zero-order valence-electron chi connectivity index (χ0n) is 10.1. The molecule has 0 saturated heterocycles. The number of fused-ring (bicyclic) bond motifs is 1. The van der Waals surface area contributed by atoms with Crippen molar-refractivity contribution >= 4 is 6.21 Å². The van der Waals surface area contributed by atoms with E-state index in [1.165, 1.54) is 18.3 Å². The second kappa shape index (κ2) is 4.98. The van der Waals surface area contributed by atoms with Gasteiger partial charge in [-0.2, -0.15) is 0 Å². The van der Waals surface area contributed by atoms with Gasteiger partial charge in [0.2, 0.25) is 0 Å². The highest BCUT2D eigenvalue weighted by Crippen LogP contribution is 2.34. The molecule has 0 bridgehead atoms. The maximum atomic E-state index is 8.82. The molecule has 0 amide bonds. The van der Waals surface area contributed by atoms with E-state index in [-0.39, 0.29) is 0 Å². The molecule has 1 aliphatic heterocycles. The van der Waals surface area contributed by atoms with E-state index in [0.29, 0.717) is 24.1 Å². The fourth-order valence-electron chi connectivity index (χ4n) is 1.76. The van der Waals surface area contributed by atoms with Crippen LogP contribution in [0.5, 0.6) is 11.5 Å². The van der Waals surface area contributed by atoms with Crippen LogP contribution in [0.1, 0.15) is 11.1 Å². The molecule has 0 saturated carbocycles. The summed E-state index contributed by atoms with van der Waals surface area (Å²) in [5, 5.41) is 52.9. The van der Waals surface area contributed by atoms with Gasteiger partial charge in [-0.05, 0) is 29.7 Å². The topological polar surface area (TPSA) is 152 Å². The molecule has 1 aliphatic rings. The van der Waals surface area contributed by atoms with Gasteiger partial charge in [-0.1, -0.05) is 0 Å². The molecule has 0 atom stereocenters. The van der Waals surface area contributed by atoms with Crippen molar-refractivity contribution in [1.82, 2.24) is 0 Å². The molecular formula is C11H13NO8. The SMILES string of the molecule is OC(O)(O)Oc1cc2c(cc1OC(O)(O)O)CCN=C2. The van der Waals surface area contributed by atoms with E-state index < -0.39 is 23.8 Å². The minimum atomic E-state index is -3.50. The number of benzene rings is 1. The van der Waals surface area contributed by atoms with E-state index in [1.807, 2.05) is 0 Å². The van der Waals surface area contributed by atoms with Gasteiger partial charge in [0.05, 0.1) is 0 Å². The van der Waals surface area contributed by atoms with Crippen LogP contribution in [-0.4, -0.2) is 55.7 Å². The van der Waals surface area contributed by atoms with Gasteiger partial charge < -0.3 is 40.1 Å². The summed E-state index contributed by atoms with van der Waals surface area (Å²) in [5.41, 5.74) is 1.26. The highest BCUT2D eigenvalue weighted by Gasteiger charge is 2.29. The minimum absolute atomic E-state index is 0.409. The first-order valence-electron chi connectivity index (χ1n) is 5.53. The van der Waals surface area contributed by atoms with Gasteiger partial charge in [-0.3, -0.25) is 4.99 Å². The smallest absolute Gasteiger partial charge is 0.413 e. The number of aliphatic hydroxyl groups is 6. The van der Waals surface area contributed by atoms with Crippen molar-refractivity contribution in [2.45, 2.75) is 18.7 Å². The number of ether oxygens (including phenoxy) is 2. The van der Waals surface area contributed by atoms with Crippen LogP contribution in [0.2, 0.25) is 0 Å². The van der Waals surface area contributed by atoms with Crippen LogP contribution in [0.3, 0.4) is 0 Å². The van der Waals surface area contributed by atoms with Crippen molar-refractivity contribution in [2.75, 3.05) is 6.54 Å². The summed E-state index contributed by atoms with van der Waals surface area (Å²) in [6.45, 7) is 0.513. The van der Waals surface area contributed by atoms with Gasteiger partial charge in [-0.25, -0.2) is 0 Å². The third-order valence-electron chi connectivity index (χ3n) is 2.44. The molecule has 0 aliphatic carbocycles. The predicted octanol–water partition coefficient (Wildman–Crippen LogP) is -2.40. The lowest BCUT2D eigenvalue weighted by molar-refractivity contribution is -0.428. The van der Waals surface area contributed by atoms with Gasteiger partial charge in [0.15, 0.2) is 11.5 Å². The summed E-state index contributed by atoms with van der Waals surface area (Å²) in [4.78, 5) is 4.00. The maximum Gasteiger partial charge on any atom is 0.453 e. The Bertz CT molecular complexity index is 528. The van der Waals surface area contributed by atoms with Crippen LogP contribution in [-0.2, 0) is 6.42 Å². The Morgan fingerprint density at radius 2 is 1.45 bits per heavy atom. The van der Waals surface area contributed by atoms with Crippen molar-refractivity contribution in [1.29, 1.82) is 0 Å². The molecule has 1 aromatic carbocycles. The highest BCUT2D eigenvalue weighted by molar-refractivity contribution is 5.84. The first-order chi connectivity index (χ1) is 9.14. The van der Waals surface area contributed by atoms with Crippen molar-refractivity contribution in [3.63, 3.8) is 0 Å². The first kappa shape index (κ1) is 14.7. The highest BCUT2D eigenvalue weighted by atomic mass is 16.9. The van der Waals surface area contributed by atoms with Crippen LogP contribution in [0.25, 0.3) is 0 Å². The number of aliphatic imine (C=N–C) groups is 1. The Morgan fingerprint density at radius 1 is 0.900 bits per heavy atom. The Labute approximate surface area is 112 Å². The lowest BCUT2D eigenvalue weighted by atomic mass is 10.0. The van der Waals surface area contributed by atoms with E-state index >= 15 is 0 Å². The molecule has 110 valence electrons. The van der Waals surface area contributed by atoms with Crippen molar-refractivity contribution in [3.05, 3.63) is 23.3 Å². The Kier molecular flexibility index (Phi) is 3.65. The predicted molar refractivity (Wildman–Crippen MR) is 62.6 cm³/mol. The van der Waals surface area contributed by atoms with Crippen LogP contribution in [0.15, 0.2) is 17.1 Å². The molecule has 0 spiro atoms. The quantitative estimate of drug-likeness (QED) is 0.335. The van der Waals surface area contributed by atoms with E-state index in [2.05, 4.69) is 14.5 Å². The number of hydrogen-bond donors (Lipinski definition) is 6. The van der Waals surface area contributed by atoms with E-state index in [0.717, 1.165) is 0 Å². The number of nitrogens with zero attached hydrogens (tertiary/aromatic N) is 1. The van der Waals surface area contributed by atoms with Gasteiger partial charge in [0.25, 0.3) is 0 Å². The van der Waals surface area contributed by atoms with Gasteiger partial charge in [-0.15, -0.1) is 0 Å². The Balaban J connectivity index is 2.43. The fraction of sp³-hybridized carbons (Fsp3) is 0.364. The summed E-state index contributed by atoms with van der Waals surface area (Å²) in [5.74, 6) is -0.848. The lowest BCUT2D eigenvalue weighted by Gasteiger charge is -2.23. The van der Waals surface area contributed by atoms with Crippen LogP contribution >= 0.6 is 0 Å². The molecule has 20 heavy (non-hydrogen) atoms. The van der Waals surface area contributed by atoms with Crippen LogP contribution < -0.4 is 9.47 Å². The first-order valence-corrected chi connectivity index (χ1v) is 5.53. The molecule has 1 aromatic rings. The molecule has 6 N–H and O–H groups in total. The monoisotopic (exact) mass is 287 g/mol. The summed E-state index contributed by atoms with van der Waals surface area (Å²) >= 11 is 0. The van der Waals surface area contributed by atoms with E-state index in [4.69, 9.17) is 30.6 Å². The molecule has 2 rings (SSSR count). The molecule has 0 unspecified atom stereocenters. The summed E-state index contributed by atoms with van der Waals surface area (Å²) in [6.07, 6.45) is -4.97. The second-order valence-electron chi connectivity index (χ2n) is 4.13. The van der Waals surface area contributed by atoms with Crippen LogP contribution in [0.4, 0.5) is 0 Å². The van der Waals surface area contributed by atoms with Gasteiger partial charge in [0, 0.05) is 12.8 Å². The molecule has 1 heterocycles. The zero-order valence-corrected chi connectivity index (χ0v) is 10.1. The minimum Gasteiger partial charge on any atom is -0.413 e. The Morgan fingerprint density at radius 3 is 2.00 bits per heavy atom. The lowest BCUT2D eigenvalue weighted by Crippen LogP contribution is -2.37. The molecule has 0 radical (unpaired) electrons. The standard InChI is InChI=1S/C11H13NO8/c13-10(14,15)19-8-3-6-1-2-12-5-7(6)4-9(8)20-11(16,17)18/h3-5,13-18H,1-2H2. The average Bonchev–Trinajstić information content (AvgIpc) is 2.26.